The van der Waals surface area contributed by atoms with Crippen LogP contribution in [0.1, 0.15) is 91.5 Å². The first-order valence-corrected chi connectivity index (χ1v) is 17.8. The molecule has 45 heavy (non-hydrogen) atoms. The quantitative estimate of drug-likeness (QED) is 0.268. The minimum Gasteiger partial charge on any atom is -0.456 e. The number of thiazole rings is 1. The molecule has 9 nitrogen and oxygen atoms in total. The van der Waals surface area contributed by atoms with Gasteiger partial charge in [-0.1, -0.05) is 68.9 Å². The first kappa shape index (κ1) is 34.6. The number of hydrogen-bond donors (Lipinski definition) is 1. The van der Waals surface area contributed by atoms with Crippen LogP contribution in [0.3, 0.4) is 0 Å². The summed E-state index contributed by atoms with van der Waals surface area (Å²) in [4.78, 5) is 33.8. The Morgan fingerprint density at radius 3 is 2.38 bits per heavy atom. The zero-order valence-corrected chi connectivity index (χ0v) is 29.3. The first-order chi connectivity index (χ1) is 21.1. The van der Waals surface area contributed by atoms with Crippen LogP contribution in [-0.4, -0.2) is 60.9 Å². The maximum absolute atomic E-state index is 14.0. The Labute approximate surface area is 272 Å². The molecule has 0 spiro atoms. The number of anilines is 1. The third-order valence-electron chi connectivity index (χ3n) is 7.83. The largest absolute Gasteiger partial charge is 0.456 e. The minimum absolute atomic E-state index is 0.0830. The van der Waals surface area contributed by atoms with Crippen LogP contribution in [0, 0.1) is 13.8 Å². The Morgan fingerprint density at radius 1 is 1.09 bits per heavy atom. The van der Waals surface area contributed by atoms with Gasteiger partial charge in [0.05, 0.1) is 10.6 Å². The molecule has 3 aromatic rings. The van der Waals surface area contributed by atoms with Crippen molar-refractivity contribution in [2.45, 2.75) is 97.2 Å². The normalized spacial score (nSPS) is 16.2. The van der Waals surface area contributed by atoms with E-state index in [1.54, 1.807) is 19.1 Å². The molecule has 1 N–H and O–H groups in total. The number of nitrogens with zero attached hydrogens (tertiary/aromatic N) is 3. The molecule has 0 unspecified atom stereocenters. The molecule has 1 saturated heterocycles. The summed E-state index contributed by atoms with van der Waals surface area (Å²) in [5.74, 6) is -0.454. The topological polar surface area (TPSA) is 109 Å². The Morgan fingerprint density at radius 2 is 1.78 bits per heavy atom. The summed E-state index contributed by atoms with van der Waals surface area (Å²) in [6, 6.07) is 12.1. The van der Waals surface area contributed by atoms with Crippen molar-refractivity contribution in [3.8, 4) is 0 Å². The van der Waals surface area contributed by atoms with Gasteiger partial charge >= 0.3 is 5.97 Å². The van der Waals surface area contributed by atoms with E-state index in [-0.39, 0.29) is 30.4 Å². The molecule has 2 aromatic carbocycles. The SMILES string of the molecule is CCCc1ccc(S(=O)(=O)N2CCN(c3nc(C)c(C(=O)OC(C)(C)C)s3)C[C@@H]2C(=O)NCc2ccc(C(C)C)cc2C)cc1. The van der Waals surface area contributed by atoms with Crippen LogP contribution < -0.4 is 10.2 Å². The molecule has 1 aromatic heterocycles. The molecule has 1 atom stereocenters. The monoisotopic (exact) mass is 654 g/mol. The van der Waals surface area contributed by atoms with Crippen molar-refractivity contribution in [2.75, 3.05) is 24.5 Å². The fraction of sp³-hybridized carbons (Fsp3) is 0.500. The summed E-state index contributed by atoms with van der Waals surface area (Å²) in [6.07, 6.45) is 1.82. The second kappa shape index (κ2) is 14.0. The van der Waals surface area contributed by atoms with Gasteiger partial charge < -0.3 is 15.0 Å². The van der Waals surface area contributed by atoms with Gasteiger partial charge in [0.25, 0.3) is 0 Å². The fourth-order valence-corrected chi connectivity index (χ4v) is 7.85. The fourth-order valence-electron chi connectivity index (χ4n) is 5.30. The highest BCUT2D eigenvalue weighted by atomic mass is 32.2. The number of carbonyl (C=O) groups is 2. The number of esters is 1. The zero-order valence-electron chi connectivity index (χ0n) is 27.6. The summed E-state index contributed by atoms with van der Waals surface area (Å²) in [6.45, 7) is 16.3. The third-order valence-corrected chi connectivity index (χ3v) is 10.9. The zero-order chi connectivity index (χ0) is 33.1. The summed E-state index contributed by atoms with van der Waals surface area (Å²) in [5, 5.41) is 3.56. The van der Waals surface area contributed by atoms with Gasteiger partial charge in [-0.2, -0.15) is 4.31 Å². The number of aromatic nitrogens is 1. The van der Waals surface area contributed by atoms with Gasteiger partial charge in [-0.25, -0.2) is 18.2 Å². The van der Waals surface area contributed by atoms with Gasteiger partial charge in [0.2, 0.25) is 15.9 Å². The lowest BCUT2D eigenvalue weighted by Gasteiger charge is -2.39. The van der Waals surface area contributed by atoms with E-state index in [1.807, 2.05) is 50.8 Å². The van der Waals surface area contributed by atoms with E-state index in [2.05, 4.69) is 43.2 Å². The van der Waals surface area contributed by atoms with Crippen LogP contribution >= 0.6 is 11.3 Å². The second-order valence-electron chi connectivity index (χ2n) is 12.9. The first-order valence-electron chi connectivity index (χ1n) is 15.5. The van der Waals surface area contributed by atoms with Gasteiger partial charge in [0, 0.05) is 26.2 Å². The van der Waals surface area contributed by atoms with Crippen LogP contribution in [0.2, 0.25) is 0 Å². The maximum Gasteiger partial charge on any atom is 0.350 e. The number of hydrogen-bond acceptors (Lipinski definition) is 8. The summed E-state index contributed by atoms with van der Waals surface area (Å²) < 4.78 is 34.8. The molecular formula is C34H46N4O5S2. The van der Waals surface area contributed by atoms with E-state index >= 15 is 0 Å². The summed E-state index contributed by atoms with van der Waals surface area (Å²) in [7, 11) is -3.98. The Bertz CT molecular complexity index is 1620. The minimum atomic E-state index is -3.98. The molecular weight excluding hydrogens is 609 g/mol. The number of benzene rings is 2. The molecule has 1 aliphatic heterocycles. The predicted octanol–water partition coefficient (Wildman–Crippen LogP) is 5.99. The Balaban J connectivity index is 1.61. The smallest absolute Gasteiger partial charge is 0.350 e. The lowest BCUT2D eigenvalue weighted by Crippen LogP contribution is -2.60. The number of piperazine rings is 1. The number of aryl methyl sites for hydroxylation is 3. The molecule has 11 heteroatoms. The third kappa shape index (κ3) is 8.31. The highest BCUT2D eigenvalue weighted by Crippen LogP contribution is 2.31. The van der Waals surface area contributed by atoms with E-state index < -0.39 is 27.6 Å². The number of sulfonamides is 1. The van der Waals surface area contributed by atoms with Gasteiger partial charge in [0.1, 0.15) is 16.5 Å². The summed E-state index contributed by atoms with van der Waals surface area (Å²) in [5.41, 5.74) is 4.20. The molecule has 1 amide bonds. The van der Waals surface area contributed by atoms with E-state index in [0.29, 0.717) is 28.2 Å². The Hall–Kier alpha value is -3.28. The molecule has 0 radical (unpaired) electrons. The predicted molar refractivity (Wildman–Crippen MR) is 179 cm³/mol. The number of rotatable bonds is 10. The van der Waals surface area contributed by atoms with E-state index in [0.717, 1.165) is 29.5 Å². The number of carbonyl (C=O) groups excluding carboxylic acids is 2. The van der Waals surface area contributed by atoms with E-state index in [4.69, 9.17) is 4.74 Å². The van der Waals surface area contributed by atoms with Crippen LogP contribution in [0.15, 0.2) is 47.4 Å². The molecule has 0 saturated carbocycles. The summed E-state index contributed by atoms with van der Waals surface area (Å²) >= 11 is 1.20. The van der Waals surface area contributed by atoms with Crippen molar-refractivity contribution in [1.82, 2.24) is 14.6 Å². The lowest BCUT2D eigenvalue weighted by atomic mass is 9.98. The number of nitrogens with one attached hydrogen (secondary N) is 1. The second-order valence-corrected chi connectivity index (χ2v) is 15.8. The molecule has 1 aliphatic rings. The van der Waals surface area contributed by atoms with Gasteiger partial charge in [0.15, 0.2) is 5.13 Å². The number of amides is 1. The average Bonchev–Trinajstić information content (AvgIpc) is 3.37. The standard InChI is InChI=1S/C34H46N4O5S2/c1-9-10-25-11-15-28(16-12-25)45(41,42)38-18-17-37(33-36-24(5)30(44-33)32(40)43-34(6,7)8)21-29(38)31(39)35-20-27-14-13-26(22(2)3)19-23(27)4/h11-16,19,22,29H,9-10,17-18,20-21H2,1-8H3,(H,35,39)/t29-/m1/s1. The average molecular weight is 655 g/mol. The van der Waals surface area contributed by atoms with Crippen molar-refractivity contribution < 1.29 is 22.7 Å². The van der Waals surface area contributed by atoms with Crippen molar-refractivity contribution in [2.24, 2.45) is 0 Å². The highest BCUT2D eigenvalue weighted by Gasteiger charge is 2.41. The molecule has 0 aliphatic carbocycles. The molecule has 1 fully saturated rings. The van der Waals surface area contributed by atoms with Crippen LogP contribution in [0.4, 0.5) is 5.13 Å². The molecule has 0 bridgehead atoms. The number of ether oxygens (including phenoxy) is 1. The highest BCUT2D eigenvalue weighted by molar-refractivity contribution is 7.89. The molecule has 2 heterocycles. The van der Waals surface area contributed by atoms with Crippen molar-refractivity contribution in [3.05, 3.63) is 75.3 Å². The molecule has 244 valence electrons. The van der Waals surface area contributed by atoms with E-state index in [1.165, 1.54) is 21.2 Å². The van der Waals surface area contributed by atoms with Crippen molar-refractivity contribution >= 4 is 38.4 Å². The van der Waals surface area contributed by atoms with E-state index in [9.17, 15) is 18.0 Å². The van der Waals surface area contributed by atoms with Crippen LogP contribution in [0.25, 0.3) is 0 Å². The van der Waals surface area contributed by atoms with Gasteiger partial charge in [-0.05, 0) is 81.3 Å². The van der Waals surface area contributed by atoms with Crippen molar-refractivity contribution in [3.63, 3.8) is 0 Å². The maximum atomic E-state index is 14.0. The molecule has 4 rings (SSSR count). The van der Waals surface area contributed by atoms with Gasteiger partial charge in [-0.3, -0.25) is 4.79 Å². The lowest BCUT2D eigenvalue weighted by molar-refractivity contribution is -0.125. The van der Waals surface area contributed by atoms with Gasteiger partial charge in [-0.15, -0.1) is 0 Å². The van der Waals surface area contributed by atoms with Crippen molar-refractivity contribution in [1.29, 1.82) is 0 Å². The Kier molecular flexibility index (Phi) is 10.8. The van der Waals surface area contributed by atoms with Crippen LogP contribution in [0.5, 0.6) is 0 Å². The van der Waals surface area contributed by atoms with Crippen LogP contribution in [-0.2, 0) is 32.5 Å².